The molecule has 0 radical (unpaired) electrons. The summed E-state index contributed by atoms with van der Waals surface area (Å²) in [7, 11) is 0. The van der Waals surface area contributed by atoms with E-state index in [1.165, 1.54) is 12.3 Å². The highest BCUT2D eigenvalue weighted by molar-refractivity contribution is 5.94. The van der Waals surface area contributed by atoms with Crippen LogP contribution < -0.4 is 16.2 Å². The summed E-state index contributed by atoms with van der Waals surface area (Å²) in [6, 6.07) is 8.26. The van der Waals surface area contributed by atoms with E-state index in [0.29, 0.717) is 22.4 Å². The van der Waals surface area contributed by atoms with Crippen LogP contribution in [0.2, 0.25) is 0 Å². The number of aromatic nitrogens is 1. The highest BCUT2D eigenvalue weighted by atomic mass is 16.5. The van der Waals surface area contributed by atoms with Crippen LogP contribution in [0.5, 0.6) is 5.75 Å². The van der Waals surface area contributed by atoms with Gasteiger partial charge in [0.2, 0.25) is 5.88 Å². The molecule has 1 aromatic heterocycles. The molecule has 33 heavy (non-hydrogen) atoms. The lowest BCUT2D eigenvalue weighted by molar-refractivity contribution is -0.142. The first-order valence-electron chi connectivity index (χ1n) is 9.63. The Hall–Kier alpha value is -4.76. The molecule has 0 aliphatic carbocycles. The molecule has 0 spiro atoms. The highest BCUT2D eigenvalue weighted by Crippen LogP contribution is 2.42. The molecule has 1 aromatic carbocycles. The fraction of sp³-hybridized carbons (Fsp3) is 0.167. The standard InChI is InChI=1S/C24H19N3O6/c1-3-9-31-20(28)13-17-16-11-14(15-7-8-27-18(12-15)22(25)29)5-6-19(16)33-23(26)21(17)24(30)32-10-4-2/h1-2,5-8,11-12,17H,9-10,13,26H2,(H2,25,29). The first-order chi connectivity index (χ1) is 15.8. The number of benzene rings is 1. The predicted octanol–water partition coefficient (Wildman–Crippen LogP) is 1.24. The molecule has 1 aliphatic heterocycles. The van der Waals surface area contributed by atoms with Crippen LogP contribution in [0.1, 0.15) is 28.4 Å². The van der Waals surface area contributed by atoms with Gasteiger partial charge in [0, 0.05) is 17.7 Å². The topological polar surface area (TPSA) is 144 Å². The maximum absolute atomic E-state index is 12.7. The molecule has 0 saturated carbocycles. The van der Waals surface area contributed by atoms with E-state index in [-0.39, 0.29) is 36.8 Å². The third kappa shape index (κ3) is 5.12. The van der Waals surface area contributed by atoms with Gasteiger partial charge in [-0.3, -0.25) is 14.6 Å². The zero-order valence-electron chi connectivity index (χ0n) is 17.4. The fourth-order valence-electron chi connectivity index (χ4n) is 3.33. The second kappa shape index (κ2) is 10.0. The Bertz CT molecular complexity index is 1240. The van der Waals surface area contributed by atoms with Crippen molar-refractivity contribution in [1.29, 1.82) is 0 Å². The minimum Gasteiger partial charge on any atom is -0.452 e. The number of carbonyl (C=O) groups excluding carboxylic acids is 3. The maximum atomic E-state index is 12.7. The molecule has 4 N–H and O–H groups in total. The second-order valence-electron chi connectivity index (χ2n) is 6.83. The minimum atomic E-state index is -0.860. The van der Waals surface area contributed by atoms with E-state index in [2.05, 4.69) is 16.8 Å². The number of primary amides is 1. The number of amides is 1. The van der Waals surface area contributed by atoms with Gasteiger partial charge in [-0.25, -0.2) is 4.79 Å². The first kappa shape index (κ1) is 22.9. The van der Waals surface area contributed by atoms with E-state index in [1.54, 1.807) is 24.3 Å². The van der Waals surface area contributed by atoms with Gasteiger partial charge in [0.15, 0.2) is 13.2 Å². The van der Waals surface area contributed by atoms with Crippen LogP contribution in [0.3, 0.4) is 0 Å². The zero-order valence-corrected chi connectivity index (χ0v) is 17.4. The van der Waals surface area contributed by atoms with Gasteiger partial charge in [-0.1, -0.05) is 17.9 Å². The van der Waals surface area contributed by atoms with Gasteiger partial charge in [0.05, 0.1) is 6.42 Å². The number of terminal acetylenes is 2. The normalized spacial score (nSPS) is 14.2. The summed E-state index contributed by atoms with van der Waals surface area (Å²) in [5.74, 6) is 1.52. The molecule has 9 nitrogen and oxygen atoms in total. The fourth-order valence-corrected chi connectivity index (χ4v) is 3.33. The molecule has 2 heterocycles. The average molecular weight is 445 g/mol. The van der Waals surface area contributed by atoms with Crippen molar-refractivity contribution >= 4 is 17.8 Å². The highest BCUT2D eigenvalue weighted by Gasteiger charge is 2.36. The molecule has 3 rings (SSSR count). The van der Waals surface area contributed by atoms with Gasteiger partial charge in [-0.15, -0.1) is 12.8 Å². The SMILES string of the molecule is C#CCOC(=O)CC1C(C(=O)OCC#C)=C(N)Oc2ccc(-c3ccnc(C(N)=O)c3)cc21. The Morgan fingerprint density at radius 2 is 1.76 bits per heavy atom. The van der Waals surface area contributed by atoms with Gasteiger partial charge in [0.1, 0.15) is 17.0 Å². The van der Waals surface area contributed by atoms with E-state index in [0.717, 1.165) is 0 Å². The van der Waals surface area contributed by atoms with Gasteiger partial charge in [-0.2, -0.15) is 0 Å². The van der Waals surface area contributed by atoms with Crippen molar-refractivity contribution in [3.05, 3.63) is 59.2 Å². The number of hydrogen-bond acceptors (Lipinski definition) is 8. The Morgan fingerprint density at radius 3 is 2.45 bits per heavy atom. The van der Waals surface area contributed by atoms with E-state index in [4.69, 9.17) is 38.5 Å². The quantitative estimate of drug-likeness (QED) is 0.478. The monoisotopic (exact) mass is 445 g/mol. The molecule has 2 aromatic rings. The van der Waals surface area contributed by atoms with Crippen molar-refractivity contribution < 1.29 is 28.6 Å². The lowest BCUT2D eigenvalue weighted by Crippen LogP contribution is -2.28. The van der Waals surface area contributed by atoms with Crippen molar-refractivity contribution in [1.82, 2.24) is 4.98 Å². The second-order valence-corrected chi connectivity index (χ2v) is 6.83. The van der Waals surface area contributed by atoms with Crippen molar-refractivity contribution in [2.45, 2.75) is 12.3 Å². The Morgan fingerprint density at radius 1 is 1.06 bits per heavy atom. The minimum absolute atomic E-state index is 0.0693. The van der Waals surface area contributed by atoms with Crippen LogP contribution in [-0.4, -0.2) is 36.0 Å². The van der Waals surface area contributed by atoms with Gasteiger partial charge in [-0.05, 0) is 35.4 Å². The van der Waals surface area contributed by atoms with Gasteiger partial charge in [0.25, 0.3) is 5.91 Å². The van der Waals surface area contributed by atoms with Crippen LogP contribution in [0, 0.1) is 24.7 Å². The number of ether oxygens (including phenoxy) is 3. The molecule has 0 fully saturated rings. The summed E-state index contributed by atoms with van der Waals surface area (Å²) in [5, 5.41) is 0. The molecule has 1 aliphatic rings. The summed E-state index contributed by atoms with van der Waals surface area (Å²) in [6.45, 7) is -0.512. The molecule has 0 saturated heterocycles. The summed E-state index contributed by atoms with van der Waals surface area (Å²) >= 11 is 0. The van der Waals surface area contributed by atoms with Crippen LogP contribution in [-0.2, 0) is 19.1 Å². The molecule has 9 heteroatoms. The molecule has 0 bridgehead atoms. The molecule has 166 valence electrons. The van der Waals surface area contributed by atoms with Crippen molar-refractivity contribution in [3.63, 3.8) is 0 Å². The number of hydrogen-bond donors (Lipinski definition) is 2. The number of rotatable bonds is 7. The van der Waals surface area contributed by atoms with E-state index >= 15 is 0 Å². The van der Waals surface area contributed by atoms with Gasteiger partial charge >= 0.3 is 11.9 Å². The number of nitrogens with zero attached hydrogens (tertiary/aromatic N) is 1. The summed E-state index contributed by atoms with van der Waals surface area (Å²) in [4.78, 5) is 40.5. The number of esters is 2. The number of fused-ring (bicyclic) bond motifs is 1. The number of carbonyl (C=O) groups is 3. The third-order valence-electron chi connectivity index (χ3n) is 4.76. The maximum Gasteiger partial charge on any atom is 0.341 e. The predicted molar refractivity (Wildman–Crippen MR) is 117 cm³/mol. The number of nitrogens with two attached hydrogens (primary N) is 2. The lowest BCUT2D eigenvalue weighted by Gasteiger charge is -2.28. The Labute approximate surface area is 189 Å². The average Bonchev–Trinajstić information content (AvgIpc) is 2.81. The molecular weight excluding hydrogens is 426 g/mol. The smallest absolute Gasteiger partial charge is 0.341 e. The van der Waals surface area contributed by atoms with Crippen LogP contribution in [0.25, 0.3) is 11.1 Å². The van der Waals surface area contributed by atoms with E-state index in [9.17, 15) is 14.4 Å². The molecule has 1 amide bonds. The van der Waals surface area contributed by atoms with Crippen LogP contribution >= 0.6 is 0 Å². The van der Waals surface area contributed by atoms with E-state index in [1.807, 2.05) is 0 Å². The van der Waals surface area contributed by atoms with Crippen LogP contribution in [0.15, 0.2) is 48.0 Å². The summed E-state index contributed by atoms with van der Waals surface area (Å²) in [6.07, 6.45) is 11.5. The van der Waals surface area contributed by atoms with E-state index < -0.39 is 23.8 Å². The third-order valence-corrected chi connectivity index (χ3v) is 4.76. The van der Waals surface area contributed by atoms with Gasteiger partial charge < -0.3 is 25.7 Å². The Kier molecular flexibility index (Phi) is 6.97. The largest absolute Gasteiger partial charge is 0.452 e. The summed E-state index contributed by atoms with van der Waals surface area (Å²) in [5.41, 5.74) is 13.1. The lowest BCUT2D eigenvalue weighted by atomic mass is 9.84. The van der Waals surface area contributed by atoms with Crippen molar-refractivity contribution in [2.24, 2.45) is 11.5 Å². The van der Waals surface area contributed by atoms with Crippen molar-refractivity contribution in [2.75, 3.05) is 13.2 Å². The molecular formula is C24H19N3O6. The zero-order chi connectivity index (χ0) is 24.0. The number of pyridine rings is 1. The first-order valence-corrected chi connectivity index (χ1v) is 9.63. The van der Waals surface area contributed by atoms with Crippen molar-refractivity contribution in [3.8, 4) is 41.6 Å². The molecule has 1 unspecified atom stereocenters. The summed E-state index contributed by atoms with van der Waals surface area (Å²) < 4.78 is 15.6. The molecule has 1 atom stereocenters. The van der Waals surface area contributed by atoms with Crippen LogP contribution in [0.4, 0.5) is 0 Å². The Balaban J connectivity index is 2.07.